The van der Waals surface area contributed by atoms with E-state index in [2.05, 4.69) is 4.98 Å². The van der Waals surface area contributed by atoms with Crippen LogP contribution in [-0.4, -0.2) is 15.8 Å². The molecular formula is C15H10FN3O4S. The van der Waals surface area contributed by atoms with E-state index < -0.39 is 10.8 Å². The predicted octanol–water partition coefficient (Wildman–Crippen LogP) is 3.40. The molecule has 9 heteroatoms. The van der Waals surface area contributed by atoms with Crippen molar-refractivity contribution in [2.45, 2.75) is 6.61 Å². The number of nitro groups is 1. The third kappa shape index (κ3) is 3.30. The van der Waals surface area contributed by atoms with Crippen molar-refractivity contribution in [3.63, 3.8) is 0 Å². The van der Waals surface area contributed by atoms with E-state index >= 15 is 0 Å². The van der Waals surface area contributed by atoms with Crippen LogP contribution in [0.5, 0.6) is 5.75 Å². The van der Waals surface area contributed by atoms with Gasteiger partial charge >= 0.3 is 0 Å². The number of hydrogen-bond acceptors (Lipinski definition) is 6. The highest BCUT2D eigenvalue weighted by molar-refractivity contribution is 7.18. The quantitative estimate of drug-likeness (QED) is 0.434. The molecule has 0 aliphatic carbocycles. The van der Waals surface area contributed by atoms with E-state index in [-0.39, 0.29) is 17.9 Å². The van der Waals surface area contributed by atoms with E-state index in [4.69, 9.17) is 4.74 Å². The van der Waals surface area contributed by atoms with Crippen molar-refractivity contribution in [3.05, 3.63) is 63.1 Å². The number of halogens is 1. The Morgan fingerprint density at radius 3 is 2.92 bits per heavy atom. The number of ether oxygens (including phenoxy) is 1. The Morgan fingerprint density at radius 1 is 1.33 bits per heavy atom. The summed E-state index contributed by atoms with van der Waals surface area (Å²) < 4.78 is 18.5. The van der Waals surface area contributed by atoms with Crippen LogP contribution in [0.2, 0.25) is 0 Å². The largest absolute Gasteiger partial charge is 0.486 e. The number of nitrogens with zero attached hydrogens (tertiary/aromatic N) is 2. The van der Waals surface area contributed by atoms with Gasteiger partial charge in [-0.3, -0.25) is 14.9 Å². The zero-order valence-electron chi connectivity index (χ0n) is 12.1. The fraction of sp³-hybridized carbons (Fsp3) is 0.0667. The number of thiazole rings is 1. The van der Waals surface area contributed by atoms with Crippen LogP contribution in [-0.2, 0) is 6.61 Å². The lowest BCUT2D eigenvalue weighted by molar-refractivity contribution is -0.384. The van der Waals surface area contributed by atoms with Gasteiger partial charge in [0.15, 0.2) is 0 Å². The van der Waals surface area contributed by atoms with Gasteiger partial charge in [-0.2, -0.15) is 5.54 Å². The van der Waals surface area contributed by atoms with Gasteiger partial charge in [-0.05, 0) is 24.3 Å². The van der Waals surface area contributed by atoms with Gasteiger partial charge in [0.05, 0.1) is 15.1 Å². The Hall–Kier alpha value is -3.07. The number of hydrogen-bond donors (Lipinski definition) is 1. The molecule has 1 amide bonds. The first-order valence-corrected chi connectivity index (χ1v) is 7.56. The second-order valence-electron chi connectivity index (χ2n) is 4.76. The number of non-ortho nitro benzene ring substituents is 1. The highest BCUT2D eigenvalue weighted by atomic mass is 32.1. The number of fused-ring (bicyclic) bond motifs is 1. The van der Waals surface area contributed by atoms with Crippen LogP contribution in [0, 0.1) is 10.1 Å². The van der Waals surface area contributed by atoms with Gasteiger partial charge in [0, 0.05) is 17.7 Å². The molecule has 1 N–H and O–H groups in total. The molecule has 0 saturated carbocycles. The standard InChI is InChI=1S/C15H10FN3O4S/c16-18-15(20)9-2-1-3-11(6-9)23-8-14-17-12-7-10(19(21)22)4-5-13(12)24-14/h1-7H,8H2,(H,18,20). The molecule has 3 aromatic rings. The van der Waals surface area contributed by atoms with E-state index in [1.807, 2.05) is 0 Å². The topological polar surface area (TPSA) is 94.4 Å². The average Bonchev–Trinajstić information content (AvgIpc) is 3.01. The molecule has 0 aliphatic heterocycles. The summed E-state index contributed by atoms with van der Waals surface area (Å²) in [4.78, 5) is 25.8. The minimum Gasteiger partial charge on any atom is -0.486 e. The number of carbonyl (C=O) groups excluding carboxylic acids is 1. The summed E-state index contributed by atoms with van der Waals surface area (Å²) in [7, 11) is 0. The molecule has 0 atom stereocenters. The van der Waals surface area contributed by atoms with Crippen LogP contribution in [0.25, 0.3) is 10.2 Å². The van der Waals surface area contributed by atoms with Crippen molar-refractivity contribution < 1.29 is 18.9 Å². The van der Waals surface area contributed by atoms with Crippen molar-refractivity contribution in [1.82, 2.24) is 10.5 Å². The highest BCUT2D eigenvalue weighted by Gasteiger charge is 2.11. The fourth-order valence-corrected chi connectivity index (χ4v) is 2.93. The van der Waals surface area contributed by atoms with Crippen LogP contribution in [0.4, 0.5) is 10.2 Å². The number of aromatic nitrogens is 1. The molecule has 3 rings (SSSR count). The second kappa shape index (κ2) is 6.59. The molecule has 0 fully saturated rings. The molecule has 1 aromatic heterocycles. The maximum Gasteiger partial charge on any atom is 0.279 e. The third-order valence-corrected chi connectivity index (χ3v) is 4.18. The number of nitrogens with one attached hydrogen (secondary N) is 1. The maximum absolute atomic E-state index is 12.2. The number of rotatable bonds is 5. The number of benzene rings is 2. The highest BCUT2D eigenvalue weighted by Crippen LogP contribution is 2.26. The van der Waals surface area contributed by atoms with Gasteiger partial charge < -0.3 is 4.74 Å². The molecule has 0 unspecified atom stereocenters. The van der Waals surface area contributed by atoms with E-state index in [1.54, 1.807) is 18.2 Å². The minimum absolute atomic E-state index is 0.0230. The van der Waals surface area contributed by atoms with Gasteiger partial charge in [0.25, 0.3) is 11.6 Å². The summed E-state index contributed by atoms with van der Waals surface area (Å²) in [6.45, 7) is 0.133. The normalized spacial score (nSPS) is 10.5. The molecule has 0 aliphatic rings. The van der Waals surface area contributed by atoms with E-state index in [0.29, 0.717) is 16.3 Å². The summed E-state index contributed by atoms with van der Waals surface area (Å²) in [6, 6.07) is 10.5. The zero-order chi connectivity index (χ0) is 17.1. The SMILES string of the molecule is O=C(NF)c1cccc(OCc2nc3cc([N+](=O)[O-])ccc3s2)c1. The van der Waals surface area contributed by atoms with Gasteiger partial charge in [-0.25, -0.2) is 4.98 Å². The smallest absolute Gasteiger partial charge is 0.279 e. The lowest BCUT2D eigenvalue weighted by atomic mass is 10.2. The Balaban J connectivity index is 1.76. The van der Waals surface area contributed by atoms with Crippen LogP contribution < -0.4 is 10.3 Å². The molecule has 122 valence electrons. The number of amides is 1. The van der Waals surface area contributed by atoms with Crippen LogP contribution in [0.3, 0.4) is 0 Å². The molecule has 0 spiro atoms. The third-order valence-electron chi connectivity index (χ3n) is 3.17. The minimum atomic E-state index is -0.854. The van der Waals surface area contributed by atoms with Crippen LogP contribution in [0.15, 0.2) is 42.5 Å². The van der Waals surface area contributed by atoms with Crippen molar-refractivity contribution in [2.75, 3.05) is 0 Å². The lowest BCUT2D eigenvalue weighted by Crippen LogP contribution is -2.13. The molecule has 0 saturated heterocycles. The van der Waals surface area contributed by atoms with Crippen molar-refractivity contribution in [3.8, 4) is 5.75 Å². The van der Waals surface area contributed by atoms with Crippen LogP contribution >= 0.6 is 11.3 Å². The number of carbonyl (C=O) groups is 1. The first-order valence-electron chi connectivity index (χ1n) is 6.74. The summed E-state index contributed by atoms with van der Waals surface area (Å²) in [5, 5.41) is 11.4. The Labute approximate surface area is 138 Å². The lowest BCUT2D eigenvalue weighted by Gasteiger charge is -2.05. The molecular weight excluding hydrogens is 337 g/mol. The summed E-state index contributed by atoms with van der Waals surface area (Å²) >= 11 is 1.35. The first kappa shape index (κ1) is 15.8. The van der Waals surface area contributed by atoms with Crippen LogP contribution in [0.1, 0.15) is 15.4 Å². The molecule has 24 heavy (non-hydrogen) atoms. The van der Waals surface area contributed by atoms with Gasteiger partial charge in [-0.15, -0.1) is 11.3 Å². The summed E-state index contributed by atoms with van der Waals surface area (Å²) in [5.74, 6) is -0.464. The van der Waals surface area contributed by atoms with Crippen molar-refractivity contribution in [2.24, 2.45) is 0 Å². The van der Waals surface area contributed by atoms with E-state index in [1.165, 1.54) is 35.6 Å². The predicted molar refractivity (Wildman–Crippen MR) is 85.6 cm³/mol. The van der Waals surface area contributed by atoms with E-state index in [0.717, 1.165) is 10.2 Å². The van der Waals surface area contributed by atoms with E-state index in [9.17, 15) is 19.4 Å². The van der Waals surface area contributed by atoms with Gasteiger partial charge in [0.2, 0.25) is 0 Å². The monoisotopic (exact) mass is 347 g/mol. The Morgan fingerprint density at radius 2 is 2.17 bits per heavy atom. The fourth-order valence-electron chi connectivity index (χ4n) is 2.07. The molecule has 0 radical (unpaired) electrons. The summed E-state index contributed by atoms with van der Waals surface area (Å²) in [6.07, 6.45) is 0. The Bertz CT molecular complexity index is 928. The molecule has 2 aromatic carbocycles. The summed E-state index contributed by atoms with van der Waals surface area (Å²) in [5.41, 5.74) is 1.69. The number of nitro benzene ring substituents is 1. The zero-order valence-corrected chi connectivity index (χ0v) is 12.9. The average molecular weight is 347 g/mol. The molecule has 7 nitrogen and oxygen atoms in total. The maximum atomic E-state index is 12.2. The van der Waals surface area contributed by atoms with Crippen molar-refractivity contribution in [1.29, 1.82) is 0 Å². The van der Waals surface area contributed by atoms with Gasteiger partial charge in [0.1, 0.15) is 17.4 Å². The van der Waals surface area contributed by atoms with Gasteiger partial charge in [-0.1, -0.05) is 10.5 Å². The first-order chi connectivity index (χ1) is 11.6. The molecule has 0 bridgehead atoms. The Kier molecular flexibility index (Phi) is 4.34. The molecule has 1 heterocycles. The second-order valence-corrected chi connectivity index (χ2v) is 5.87. The van der Waals surface area contributed by atoms with Crippen molar-refractivity contribution >= 4 is 33.1 Å².